The van der Waals surface area contributed by atoms with Gasteiger partial charge in [-0.05, 0) is 55.7 Å². The number of hydrogen-bond donors (Lipinski definition) is 1. The van der Waals surface area contributed by atoms with Crippen molar-refractivity contribution in [2.75, 3.05) is 0 Å². The monoisotopic (exact) mass is 436 g/mol. The number of carbonyl (C=O) groups excluding carboxylic acids is 2. The maximum atomic E-state index is 13.3. The number of carbonyl (C=O) groups is 2. The largest absolute Gasteiger partial charge is 0.352 e. The van der Waals surface area contributed by atoms with Crippen LogP contribution in [0.4, 0.5) is 0 Å². The molecule has 2 atom stereocenters. The first-order valence-corrected chi connectivity index (χ1v) is 11.8. The van der Waals surface area contributed by atoms with E-state index in [1.807, 2.05) is 52.0 Å². The van der Waals surface area contributed by atoms with E-state index in [1.165, 1.54) is 11.1 Å². The summed E-state index contributed by atoms with van der Waals surface area (Å²) in [5, 5.41) is 3.02. The summed E-state index contributed by atoms with van der Waals surface area (Å²) in [6, 6.07) is 16.2. The SMILES string of the molecule is CCC(C)NC(=O)C(C)N(Cc1ccc(C)cc1)C(=O)CCc1ccc(C(C)(C)C)cc1. The predicted octanol–water partition coefficient (Wildman–Crippen LogP) is 5.56. The second-order valence-electron chi connectivity index (χ2n) is 9.95. The number of benzene rings is 2. The molecule has 0 aliphatic heterocycles. The van der Waals surface area contributed by atoms with Crippen LogP contribution in [0.3, 0.4) is 0 Å². The minimum Gasteiger partial charge on any atom is -0.352 e. The molecule has 2 aromatic carbocycles. The molecule has 2 unspecified atom stereocenters. The molecule has 4 heteroatoms. The normalized spacial score (nSPS) is 13.3. The van der Waals surface area contributed by atoms with Crippen molar-refractivity contribution in [3.05, 3.63) is 70.8 Å². The molecule has 0 bridgehead atoms. The summed E-state index contributed by atoms with van der Waals surface area (Å²) < 4.78 is 0. The third-order valence-corrected chi connectivity index (χ3v) is 6.09. The van der Waals surface area contributed by atoms with Crippen LogP contribution in [0.25, 0.3) is 0 Å². The number of hydrogen-bond acceptors (Lipinski definition) is 2. The number of rotatable bonds is 9. The summed E-state index contributed by atoms with van der Waals surface area (Å²) >= 11 is 0. The van der Waals surface area contributed by atoms with E-state index in [9.17, 15) is 9.59 Å². The van der Waals surface area contributed by atoms with E-state index in [4.69, 9.17) is 0 Å². The third kappa shape index (κ3) is 7.51. The first-order valence-electron chi connectivity index (χ1n) is 11.8. The van der Waals surface area contributed by atoms with E-state index in [0.717, 1.165) is 17.5 Å². The van der Waals surface area contributed by atoms with E-state index in [2.05, 4.69) is 50.4 Å². The summed E-state index contributed by atoms with van der Waals surface area (Å²) in [5.74, 6) is -0.105. The van der Waals surface area contributed by atoms with Gasteiger partial charge in [0.1, 0.15) is 6.04 Å². The Hall–Kier alpha value is -2.62. The Labute approximate surface area is 194 Å². The molecule has 0 radical (unpaired) electrons. The van der Waals surface area contributed by atoms with Crippen LogP contribution in [0.2, 0.25) is 0 Å². The van der Waals surface area contributed by atoms with E-state index in [1.54, 1.807) is 4.90 Å². The predicted molar refractivity (Wildman–Crippen MR) is 133 cm³/mol. The van der Waals surface area contributed by atoms with Gasteiger partial charge in [-0.3, -0.25) is 9.59 Å². The van der Waals surface area contributed by atoms with Gasteiger partial charge in [-0.15, -0.1) is 0 Å². The Morgan fingerprint density at radius 2 is 1.50 bits per heavy atom. The molecule has 2 rings (SSSR count). The van der Waals surface area contributed by atoms with Crippen molar-refractivity contribution in [1.82, 2.24) is 10.2 Å². The highest BCUT2D eigenvalue weighted by molar-refractivity contribution is 5.87. The molecule has 0 fully saturated rings. The van der Waals surface area contributed by atoms with Gasteiger partial charge < -0.3 is 10.2 Å². The fourth-order valence-corrected chi connectivity index (χ4v) is 3.50. The van der Waals surface area contributed by atoms with Gasteiger partial charge in [-0.25, -0.2) is 0 Å². The van der Waals surface area contributed by atoms with Gasteiger partial charge in [-0.2, -0.15) is 0 Å². The van der Waals surface area contributed by atoms with Gasteiger partial charge in [0.2, 0.25) is 11.8 Å². The molecule has 0 aliphatic carbocycles. The topological polar surface area (TPSA) is 49.4 Å². The summed E-state index contributed by atoms with van der Waals surface area (Å²) in [6.07, 6.45) is 1.89. The van der Waals surface area contributed by atoms with Crippen LogP contribution in [0, 0.1) is 6.92 Å². The zero-order chi connectivity index (χ0) is 23.9. The molecule has 0 saturated heterocycles. The lowest BCUT2D eigenvalue weighted by Crippen LogP contribution is -2.49. The van der Waals surface area contributed by atoms with Crippen LogP contribution < -0.4 is 5.32 Å². The molecule has 0 saturated carbocycles. The Morgan fingerprint density at radius 3 is 2.03 bits per heavy atom. The molecule has 2 aromatic rings. The van der Waals surface area contributed by atoms with Crippen LogP contribution in [-0.2, 0) is 28.0 Å². The summed E-state index contributed by atoms with van der Waals surface area (Å²) in [5.41, 5.74) is 4.73. The quantitative estimate of drug-likeness (QED) is 0.560. The molecule has 0 aromatic heterocycles. The van der Waals surface area contributed by atoms with E-state index < -0.39 is 6.04 Å². The Balaban J connectivity index is 2.13. The third-order valence-electron chi connectivity index (χ3n) is 6.09. The Morgan fingerprint density at radius 1 is 0.938 bits per heavy atom. The second-order valence-corrected chi connectivity index (χ2v) is 9.95. The summed E-state index contributed by atoms with van der Waals surface area (Å²) in [6.45, 7) is 14.9. The van der Waals surface area contributed by atoms with Crippen molar-refractivity contribution < 1.29 is 9.59 Å². The number of nitrogens with zero attached hydrogens (tertiary/aromatic N) is 1. The van der Waals surface area contributed by atoms with Gasteiger partial charge in [-0.1, -0.05) is 81.8 Å². The van der Waals surface area contributed by atoms with Gasteiger partial charge in [0.15, 0.2) is 0 Å². The summed E-state index contributed by atoms with van der Waals surface area (Å²) in [7, 11) is 0. The zero-order valence-corrected chi connectivity index (χ0v) is 20.9. The fraction of sp³-hybridized carbons (Fsp3) is 0.500. The van der Waals surface area contributed by atoms with Crippen molar-refractivity contribution >= 4 is 11.8 Å². The molecule has 4 nitrogen and oxygen atoms in total. The van der Waals surface area contributed by atoms with Crippen LogP contribution in [0.15, 0.2) is 48.5 Å². The van der Waals surface area contributed by atoms with E-state index in [0.29, 0.717) is 19.4 Å². The van der Waals surface area contributed by atoms with Gasteiger partial charge in [0.05, 0.1) is 0 Å². The fourth-order valence-electron chi connectivity index (χ4n) is 3.50. The smallest absolute Gasteiger partial charge is 0.242 e. The van der Waals surface area contributed by atoms with Crippen molar-refractivity contribution in [3.63, 3.8) is 0 Å². The minimum atomic E-state index is -0.527. The molecular weight excluding hydrogens is 396 g/mol. The number of nitrogens with one attached hydrogen (secondary N) is 1. The van der Waals surface area contributed by atoms with Gasteiger partial charge in [0.25, 0.3) is 0 Å². The molecule has 174 valence electrons. The molecule has 32 heavy (non-hydrogen) atoms. The highest BCUT2D eigenvalue weighted by atomic mass is 16.2. The maximum absolute atomic E-state index is 13.3. The van der Waals surface area contributed by atoms with Gasteiger partial charge in [0, 0.05) is 19.0 Å². The highest BCUT2D eigenvalue weighted by Gasteiger charge is 2.26. The van der Waals surface area contributed by atoms with Crippen molar-refractivity contribution in [3.8, 4) is 0 Å². The summed E-state index contributed by atoms with van der Waals surface area (Å²) in [4.78, 5) is 27.8. The Bertz CT molecular complexity index is 879. The van der Waals surface area contributed by atoms with Crippen LogP contribution >= 0.6 is 0 Å². The molecular formula is C28H40N2O2. The highest BCUT2D eigenvalue weighted by Crippen LogP contribution is 2.22. The average molecular weight is 437 g/mol. The lowest BCUT2D eigenvalue weighted by atomic mass is 9.86. The lowest BCUT2D eigenvalue weighted by Gasteiger charge is -2.30. The molecule has 0 aliphatic rings. The molecule has 0 spiro atoms. The first-order chi connectivity index (χ1) is 15.0. The zero-order valence-electron chi connectivity index (χ0n) is 20.9. The number of amides is 2. The van der Waals surface area contributed by atoms with Gasteiger partial charge >= 0.3 is 0 Å². The molecule has 0 heterocycles. The van der Waals surface area contributed by atoms with Crippen LogP contribution in [-0.4, -0.2) is 28.8 Å². The minimum absolute atomic E-state index is 0.00252. The maximum Gasteiger partial charge on any atom is 0.242 e. The van der Waals surface area contributed by atoms with Crippen molar-refractivity contribution in [2.45, 2.75) is 91.8 Å². The van der Waals surface area contributed by atoms with E-state index >= 15 is 0 Å². The van der Waals surface area contributed by atoms with Crippen molar-refractivity contribution in [1.29, 1.82) is 0 Å². The molecule has 1 N–H and O–H groups in total. The van der Waals surface area contributed by atoms with Crippen LogP contribution in [0.1, 0.15) is 76.6 Å². The van der Waals surface area contributed by atoms with Crippen LogP contribution in [0.5, 0.6) is 0 Å². The average Bonchev–Trinajstić information content (AvgIpc) is 2.76. The second kappa shape index (κ2) is 11.3. The molecule has 2 amide bonds. The van der Waals surface area contributed by atoms with E-state index in [-0.39, 0.29) is 23.3 Å². The lowest BCUT2D eigenvalue weighted by molar-refractivity contribution is -0.140. The Kier molecular flexibility index (Phi) is 9.06. The first kappa shape index (κ1) is 25.6. The number of aryl methyl sites for hydroxylation is 2. The standard InChI is InChI=1S/C28H40N2O2/c1-8-21(3)29-27(32)22(4)30(19-24-11-9-20(2)10-12-24)26(31)18-15-23-13-16-25(17-14-23)28(5,6)7/h9-14,16-17,21-22H,8,15,18-19H2,1-7H3,(H,29,32). The van der Waals surface area contributed by atoms with Crippen molar-refractivity contribution in [2.24, 2.45) is 0 Å².